The first kappa shape index (κ1) is 14.0. The summed E-state index contributed by atoms with van der Waals surface area (Å²) in [5, 5.41) is 3.00. The van der Waals surface area contributed by atoms with E-state index in [2.05, 4.69) is 10.3 Å². The molecule has 3 N–H and O–H groups in total. The molecule has 9 heteroatoms. The highest BCUT2D eigenvalue weighted by Crippen LogP contribution is 2.19. The summed E-state index contributed by atoms with van der Waals surface area (Å²) in [7, 11) is -2.12. The molecule has 19 heavy (non-hydrogen) atoms. The van der Waals surface area contributed by atoms with E-state index in [0.29, 0.717) is 13.0 Å². The number of hydrogen-bond donors (Lipinski definition) is 2. The average molecular weight is 287 g/mol. The SMILES string of the molecule is Cn1cnc(S(=O)(=O)N(CC(N)=O)C2CCNC2)c1. The third-order valence-electron chi connectivity index (χ3n) is 3.01. The molecular weight excluding hydrogens is 270 g/mol. The number of aryl methyl sites for hydroxylation is 1. The minimum absolute atomic E-state index is 0.0665. The molecule has 1 unspecified atom stereocenters. The Balaban J connectivity index is 2.33. The second-order valence-corrected chi connectivity index (χ2v) is 6.38. The van der Waals surface area contributed by atoms with Crippen LogP contribution in [0, 0.1) is 0 Å². The number of hydrogen-bond acceptors (Lipinski definition) is 5. The third-order valence-corrected chi connectivity index (χ3v) is 4.79. The lowest BCUT2D eigenvalue weighted by Crippen LogP contribution is -2.46. The van der Waals surface area contributed by atoms with Gasteiger partial charge in [-0.1, -0.05) is 0 Å². The van der Waals surface area contributed by atoms with Crippen LogP contribution in [-0.2, 0) is 21.9 Å². The monoisotopic (exact) mass is 287 g/mol. The minimum atomic E-state index is -3.80. The summed E-state index contributed by atoms with van der Waals surface area (Å²) in [5.41, 5.74) is 5.15. The molecule has 1 amide bonds. The first-order valence-electron chi connectivity index (χ1n) is 5.90. The van der Waals surface area contributed by atoms with E-state index >= 15 is 0 Å². The van der Waals surface area contributed by atoms with Crippen molar-refractivity contribution >= 4 is 15.9 Å². The number of nitrogens with zero attached hydrogens (tertiary/aromatic N) is 3. The maximum atomic E-state index is 12.5. The van der Waals surface area contributed by atoms with Gasteiger partial charge in [0.25, 0.3) is 10.0 Å². The van der Waals surface area contributed by atoms with Crippen LogP contribution in [0.4, 0.5) is 0 Å². The van der Waals surface area contributed by atoms with Crippen molar-refractivity contribution in [2.45, 2.75) is 17.5 Å². The summed E-state index contributed by atoms with van der Waals surface area (Å²) in [5.74, 6) is -0.675. The summed E-state index contributed by atoms with van der Waals surface area (Å²) < 4.78 is 27.6. The van der Waals surface area contributed by atoms with Gasteiger partial charge in [-0.05, 0) is 13.0 Å². The lowest BCUT2D eigenvalue weighted by Gasteiger charge is -2.25. The van der Waals surface area contributed by atoms with E-state index in [9.17, 15) is 13.2 Å². The van der Waals surface area contributed by atoms with Crippen LogP contribution in [0.2, 0.25) is 0 Å². The number of imidazole rings is 1. The Morgan fingerprint density at radius 1 is 1.68 bits per heavy atom. The first-order valence-corrected chi connectivity index (χ1v) is 7.34. The number of carbonyl (C=O) groups excluding carboxylic acids is 1. The highest BCUT2D eigenvalue weighted by Gasteiger charge is 2.35. The zero-order valence-corrected chi connectivity index (χ0v) is 11.4. The van der Waals surface area contributed by atoms with Crippen molar-refractivity contribution in [1.82, 2.24) is 19.2 Å². The standard InChI is InChI=1S/C10H17N5O3S/c1-14-6-10(13-7-14)19(17,18)15(5-9(11)16)8-2-3-12-4-8/h6-8,12H,2-5H2,1H3,(H2,11,16). The molecule has 0 bridgehead atoms. The quantitative estimate of drug-likeness (QED) is 0.668. The molecule has 1 aliphatic rings. The maximum absolute atomic E-state index is 12.5. The molecule has 2 heterocycles. The molecule has 1 aromatic rings. The van der Waals surface area contributed by atoms with E-state index in [1.54, 1.807) is 11.6 Å². The minimum Gasteiger partial charge on any atom is -0.369 e. The van der Waals surface area contributed by atoms with Crippen molar-refractivity contribution in [2.75, 3.05) is 19.6 Å². The Bertz CT molecular complexity index is 561. The van der Waals surface area contributed by atoms with Gasteiger partial charge in [0.1, 0.15) is 0 Å². The number of sulfonamides is 1. The molecule has 0 aromatic carbocycles. The predicted molar refractivity (Wildman–Crippen MR) is 67.6 cm³/mol. The number of rotatable bonds is 5. The Kier molecular flexibility index (Phi) is 3.88. The van der Waals surface area contributed by atoms with E-state index in [1.807, 2.05) is 0 Å². The van der Waals surface area contributed by atoms with Gasteiger partial charge in [0.05, 0.1) is 12.9 Å². The summed E-state index contributed by atoms with van der Waals surface area (Å²) in [6.45, 7) is 0.905. The van der Waals surface area contributed by atoms with Crippen LogP contribution in [0.1, 0.15) is 6.42 Å². The van der Waals surface area contributed by atoms with Crippen molar-refractivity contribution in [1.29, 1.82) is 0 Å². The highest BCUT2D eigenvalue weighted by atomic mass is 32.2. The number of nitrogens with one attached hydrogen (secondary N) is 1. The van der Waals surface area contributed by atoms with Crippen LogP contribution >= 0.6 is 0 Å². The zero-order valence-electron chi connectivity index (χ0n) is 10.6. The van der Waals surface area contributed by atoms with Gasteiger partial charge in [0.2, 0.25) is 5.91 Å². The van der Waals surface area contributed by atoms with Crippen molar-refractivity contribution in [2.24, 2.45) is 12.8 Å². The lowest BCUT2D eigenvalue weighted by molar-refractivity contribution is -0.118. The summed E-state index contributed by atoms with van der Waals surface area (Å²) in [6, 6.07) is -0.264. The van der Waals surface area contributed by atoms with Crippen molar-refractivity contribution in [3.63, 3.8) is 0 Å². The Morgan fingerprint density at radius 3 is 2.89 bits per heavy atom. The van der Waals surface area contributed by atoms with Crippen LogP contribution in [-0.4, -0.2) is 53.9 Å². The van der Waals surface area contributed by atoms with Crippen molar-refractivity contribution in [3.05, 3.63) is 12.5 Å². The lowest BCUT2D eigenvalue weighted by atomic mass is 10.2. The fraction of sp³-hybridized carbons (Fsp3) is 0.600. The molecule has 1 aliphatic heterocycles. The van der Waals surface area contributed by atoms with E-state index in [4.69, 9.17) is 5.73 Å². The Labute approximate surface area is 111 Å². The molecule has 106 valence electrons. The molecule has 0 saturated carbocycles. The van der Waals surface area contributed by atoms with Crippen LogP contribution in [0.3, 0.4) is 0 Å². The van der Waals surface area contributed by atoms with Crippen LogP contribution in [0.15, 0.2) is 17.6 Å². The van der Waals surface area contributed by atoms with Crippen LogP contribution in [0.5, 0.6) is 0 Å². The van der Waals surface area contributed by atoms with Gasteiger partial charge in [-0.2, -0.15) is 4.31 Å². The summed E-state index contributed by atoms with van der Waals surface area (Å²) >= 11 is 0. The molecule has 1 aromatic heterocycles. The van der Waals surface area contributed by atoms with Crippen LogP contribution < -0.4 is 11.1 Å². The molecular formula is C10H17N5O3S. The smallest absolute Gasteiger partial charge is 0.262 e. The fourth-order valence-corrected chi connectivity index (χ4v) is 3.68. The molecule has 0 spiro atoms. The van der Waals surface area contributed by atoms with Gasteiger partial charge >= 0.3 is 0 Å². The summed E-state index contributed by atoms with van der Waals surface area (Å²) in [6.07, 6.45) is 3.47. The molecule has 0 radical (unpaired) electrons. The molecule has 1 atom stereocenters. The van der Waals surface area contributed by atoms with Crippen molar-refractivity contribution in [3.8, 4) is 0 Å². The largest absolute Gasteiger partial charge is 0.369 e. The van der Waals surface area contributed by atoms with E-state index < -0.39 is 15.9 Å². The van der Waals surface area contributed by atoms with E-state index in [-0.39, 0.29) is 17.6 Å². The number of primary amides is 1. The number of amides is 1. The summed E-state index contributed by atoms with van der Waals surface area (Å²) in [4.78, 5) is 15.0. The molecule has 0 aliphatic carbocycles. The topological polar surface area (TPSA) is 110 Å². The molecule has 2 rings (SSSR count). The molecule has 1 fully saturated rings. The Morgan fingerprint density at radius 2 is 2.42 bits per heavy atom. The number of nitrogens with two attached hydrogens (primary N) is 1. The zero-order chi connectivity index (χ0) is 14.0. The molecule has 8 nitrogen and oxygen atoms in total. The van der Waals surface area contributed by atoms with Gasteiger partial charge in [0.15, 0.2) is 5.03 Å². The first-order chi connectivity index (χ1) is 8.91. The maximum Gasteiger partial charge on any atom is 0.262 e. The van der Waals surface area contributed by atoms with Crippen LogP contribution in [0.25, 0.3) is 0 Å². The molecule has 1 saturated heterocycles. The Hall–Kier alpha value is -1.45. The van der Waals surface area contributed by atoms with E-state index in [0.717, 1.165) is 10.8 Å². The van der Waals surface area contributed by atoms with Crippen molar-refractivity contribution < 1.29 is 13.2 Å². The second-order valence-electron chi connectivity index (χ2n) is 4.54. The average Bonchev–Trinajstić information content (AvgIpc) is 2.96. The highest BCUT2D eigenvalue weighted by molar-refractivity contribution is 7.89. The van der Waals surface area contributed by atoms with Gasteiger partial charge in [-0.15, -0.1) is 0 Å². The number of carbonyl (C=O) groups is 1. The van der Waals surface area contributed by atoms with Gasteiger partial charge in [-0.3, -0.25) is 4.79 Å². The van der Waals surface area contributed by atoms with Gasteiger partial charge in [-0.25, -0.2) is 13.4 Å². The predicted octanol–water partition coefficient (Wildman–Crippen LogP) is -1.74. The second kappa shape index (κ2) is 5.27. The third kappa shape index (κ3) is 2.94. The van der Waals surface area contributed by atoms with Gasteiger partial charge < -0.3 is 15.6 Å². The fourth-order valence-electron chi connectivity index (χ4n) is 2.09. The van der Waals surface area contributed by atoms with E-state index in [1.165, 1.54) is 12.5 Å². The normalized spacial score (nSPS) is 20.0. The number of aromatic nitrogens is 2. The van der Waals surface area contributed by atoms with Gasteiger partial charge in [0, 0.05) is 25.8 Å².